The fraction of sp³-hybridized carbons (Fsp3) is 0.538. The molecule has 16 heavy (non-hydrogen) atoms. The Kier molecular flexibility index (Phi) is 2.66. The molecule has 0 fully saturated rings. The molecule has 2 rings (SSSR count). The van der Waals surface area contributed by atoms with Gasteiger partial charge >= 0.3 is 0 Å². The molecule has 0 radical (unpaired) electrons. The molecule has 1 aromatic carbocycles. The highest BCUT2D eigenvalue weighted by Crippen LogP contribution is 2.37. The van der Waals surface area contributed by atoms with Gasteiger partial charge in [-0.3, -0.25) is 0 Å². The van der Waals surface area contributed by atoms with Crippen molar-refractivity contribution in [3.8, 4) is 5.75 Å². The van der Waals surface area contributed by atoms with E-state index in [1.807, 2.05) is 26.8 Å². The summed E-state index contributed by atoms with van der Waals surface area (Å²) >= 11 is 0. The molecule has 0 bridgehead atoms. The number of nitrogens with two attached hydrogens (primary N) is 1. The smallest absolute Gasteiger partial charge is 0.130 e. The topological polar surface area (TPSA) is 35.2 Å². The number of ether oxygens (including phenoxy) is 1. The maximum absolute atomic E-state index is 13.8. The number of fused-ring (bicyclic) bond motifs is 1. The zero-order valence-electron chi connectivity index (χ0n) is 10.0. The van der Waals surface area contributed by atoms with Crippen molar-refractivity contribution in [2.45, 2.75) is 38.7 Å². The molecule has 0 aliphatic carbocycles. The summed E-state index contributed by atoms with van der Waals surface area (Å²) in [6.45, 7) is 6.42. The lowest BCUT2D eigenvalue weighted by Crippen LogP contribution is -2.24. The van der Waals surface area contributed by atoms with Crippen molar-refractivity contribution in [2.75, 3.05) is 6.54 Å². The van der Waals surface area contributed by atoms with Gasteiger partial charge in [0.05, 0.1) is 0 Å². The van der Waals surface area contributed by atoms with Crippen LogP contribution in [0.1, 0.15) is 37.8 Å². The van der Waals surface area contributed by atoms with Gasteiger partial charge in [-0.1, -0.05) is 6.92 Å². The number of rotatable bonds is 2. The van der Waals surface area contributed by atoms with E-state index in [0.717, 1.165) is 12.0 Å². The van der Waals surface area contributed by atoms with Gasteiger partial charge in [0.25, 0.3) is 0 Å². The molecule has 88 valence electrons. The summed E-state index contributed by atoms with van der Waals surface area (Å²) < 4.78 is 19.5. The number of benzene rings is 1. The standard InChI is InChI=1S/C13H18FNO/c1-8(7-15)10-4-9-6-13(2,3)16-12(9)5-11(10)14/h4-5,8H,6-7,15H2,1-3H3. The van der Waals surface area contributed by atoms with Gasteiger partial charge < -0.3 is 10.5 Å². The Labute approximate surface area is 95.6 Å². The highest BCUT2D eigenvalue weighted by molar-refractivity contribution is 5.43. The molecule has 1 unspecified atom stereocenters. The van der Waals surface area contributed by atoms with E-state index in [4.69, 9.17) is 10.5 Å². The largest absolute Gasteiger partial charge is 0.487 e. The summed E-state index contributed by atoms with van der Waals surface area (Å²) in [7, 11) is 0. The molecule has 1 heterocycles. The van der Waals surface area contributed by atoms with Crippen LogP contribution in [-0.4, -0.2) is 12.1 Å². The van der Waals surface area contributed by atoms with Crippen molar-refractivity contribution in [3.05, 3.63) is 29.1 Å². The van der Waals surface area contributed by atoms with Crippen LogP contribution in [0.25, 0.3) is 0 Å². The molecular formula is C13H18FNO. The van der Waals surface area contributed by atoms with Crippen molar-refractivity contribution < 1.29 is 9.13 Å². The number of hydrogen-bond donors (Lipinski definition) is 1. The van der Waals surface area contributed by atoms with Crippen LogP contribution in [0.4, 0.5) is 4.39 Å². The van der Waals surface area contributed by atoms with E-state index in [1.54, 1.807) is 0 Å². The fourth-order valence-electron chi connectivity index (χ4n) is 2.15. The Hall–Kier alpha value is -1.09. The van der Waals surface area contributed by atoms with Crippen molar-refractivity contribution in [2.24, 2.45) is 5.73 Å². The van der Waals surface area contributed by atoms with Crippen molar-refractivity contribution in [1.82, 2.24) is 0 Å². The van der Waals surface area contributed by atoms with Crippen molar-refractivity contribution >= 4 is 0 Å². The lowest BCUT2D eigenvalue weighted by atomic mass is 9.95. The minimum atomic E-state index is -0.223. The van der Waals surface area contributed by atoms with Crippen LogP contribution >= 0.6 is 0 Å². The Morgan fingerprint density at radius 1 is 1.50 bits per heavy atom. The first-order valence-electron chi connectivity index (χ1n) is 5.64. The maximum Gasteiger partial charge on any atom is 0.130 e. The van der Waals surface area contributed by atoms with Gasteiger partial charge in [0.1, 0.15) is 17.2 Å². The van der Waals surface area contributed by atoms with Crippen molar-refractivity contribution in [3.63, 3.8) is 0 Å². The average Bonchev–Trinajstić information content (AvgIpc) is 2.48. The van der Waals surface area contributed by atoms with E-state index < -0.39 is 0 Å². The molecular weight excluding hydrogens is 205 g/mol. The van der Waals surface area contributed by atoms with Crippen LogP contribution < -0.4 is 10.5 Å². The van der Waals surface area contributed by atoms with E-state index in [2.05, 4.69) is 0 Å². The molecule has 1 aliphatic heterocycles. The van der Waals surface area contributed by atoms with Gasteiger partial charge in [0, 0.05) is 12.5 Å². The number of hydrogen-bond acceptors (Lipinski definition) is 2. The normalized spacial score (nSPS) is 19.1. The summed E-state index contributed by atoms with van der Waals surface area (Å²) in [4.78, 5) is 0. The van der Waals surface area contributed by atoms with E-state index in [0.29, 0.717) is 17.9 Å². The summed E-state index contributed by atoms with van der Waals surface area (Å²) in [6.07, 6.45) is 0.826. The maximum atomic E-state index is 13.8. The van der Waals surface area contributed by atoms with Gasteiger partial charge in [0.2, 0.25) is 0 Å². The first kappa shape index (κ1) is 11.4. The quantitative estimate of drug-likeness (QED) is 0.836. The molecule has 0 aromatic heterocycles. The third-order valence-corrected chi connectivity index (χ3v) is 3.07. The van der Waals surface area contributed by atoms with E-state index in [1.165, 1.54) is 6.07 Å². The third kappa shape index (κ3) is 1.92. The third-order valence-electron chi connectivity index (χ3n) is 3.07. The monoisotopic (exact) mass is 223 g/mol. The predicted octanol–water partition coefficient (Wildman–Crippen LogP) is 2.60. The summed E-state index contributed by atoms with van der Waals surface area (Å²) in [5, 5.41) is 0. The molecule has 0 spiro atoms. The van der Waals surface area contributed by atoms with Crippen LogP contribution in [0.5, 0.6) is 5.75 Å². The second kappa shape index (κ2) is 3.74. The van der Waals surface area contributed by atoms with Crippen molar-refractivity contribution in [1.29, 1.82) is 0 Å². The lowest BCUT2D eigenvalue weighted by molar-refractivity contribution is 0.138. The Balaban J connectivity index is 2.41. The SMILES string of the molecule is CC(CN)c1cc2c(cc1F)OC(C)(C)C2. The van der Waals surface area contributed by atoms with Gasteiger partial charge in [0.15, 0.2) is 0 Å². The van der Waals surface area contributed by atoms with Crippen LogP contribution in [0.2, 0.25) is 0 Å². The predicted molar refractivity (Wildman–Crippen MR) is 62.3 cm³/mol. The van der Waals surface area contributed by atoms with E-state index in [-0.39, 0.29) is 17.3 Å². The van der Waals surface area contributed by atoms with Gasteiger partial charge in [-0.15, -0.1) is 0 Å². The Morgan fingerprint density at radius 2 is 2.19 bits per heavy atom. The minimum absolute atomic E-state index is 0.0500. The molecule has 1 aromatic rings. The first-order valence-corrected chi connectivity index (χ1v) is 5.64. The highest BCUT2D eigenvalue weighted by atomic mass is 19.1. The highest BCUT2D eigenvalue weighted by Gasteiger charge is 2.31. The van der Waals surface area contributed by atoms with Gasteiger partial charge in [-0.2, -0.15) is 0 Å². The summed E-state index contributed by atoms with van der Waals surface area (Å²) in [5.41, 5.74) is 7.13. The van der Waals surface area contributed by atoms with Crippen LogP contribution in [0, 0.1) is 5.82 Å². The van der Waals surface area contributed by atoms with Gasteiger partial charge in [-0.05, 0) is 43.5 Å². The average molecular weight is 223 g/mol. The molecule has 0 amide bonds. The molecule has 1 atom stereocenters. The molecule has 3 heteroatoms. The first-order chi connectivity index (χ1) is 7.43. The summed E-state index contributed by atoms with van der Waals surface area (Å²) in [5.74, 6) is 0.513. The second-order valence-corrected chi connectivity index (χ2v) is 5.16. The Bertz CT molecular complexity index is 415. The molecule has 0 saturated heterocycles. The van der Waals surface area contributed by atoms with Crippen LogP contribution in [-0.2, 0) is 6.42 Å². The molecule has 0 saturated carbocycles. The Morgan fingerprint density at radius 3 is 2.81 bits per heavy atom. The zero-order valence-corrected chi connectivity index (χ0v) is 10.0. The fourth-order valence-corrected chi connectivity index (χ4v) is 2.15. The van der Waals surface area contributed by atoms with Crippen LogP contribution in [0.3, 0.4) is 0 Å². The summed E-state index contributed by atoms with van der Waals surface area (Å²) in [6, 6.07) is 3.39. The minimum Gasteiger partial charge on any atom is -0.487 e. The molecule has 1 aliphatic rings. The van der Waals surface area contributed by atoms with Crippen LogP contribution in [0.15, 0.2) is 12.1 Å². The lowest BCUT2D eigenvalue weighted by Gasteiger charge is -2.16. The zero-order chi connectivity index (χ0) is 11.9. The molecule has 2 nitrogen and oxygen atoms in total. The second-order valence-electron chi connectivity index (χ2n) is 5.16. The van der Waals surface area contributed by atoms with Gasteiger partial charge in [-0.25, -0.2) is 4.39 Å². The van der Waals surface area contributed by atoms with E-state index in [9.17, 15) is 4.39 Å². The molecule has 2 N–H and O–H groups in total. The van der Waals surface area contributed by atoms with E-state index >= 15 is 0 Å². The number of halogens is 1.